The molecular weight excluding hydrogens is 372 g/mol. The van der Waals surface area contributed by atoms with E-state index in [-0.39, 0.29) is 11.6 Å². The van der Waals surface area contributed by atoms with Gasteiger partial charge in [0.2, 0.25) is 0 Å². The van der Waals surface area contributed by atoms with Gasteiger partial charge in [-0.2, -0.15) is 0 Å². The van der Waals surface area contributed by atoms with E-state index in [2.05, 4.69) is 15.3 Å². The van der Waals surface area contributed by atoms with Gasteiger partial charge >= 0.3 is 0 Å². The summed E-state index contributed by atoms with van der Waals surface area (Å²) in [5, 5.41) is 4.90. The molecule has 2 amide bonds. The summed E-state index contributed by atoms with van der Waals surface area (Å²) in [6.45, 7) is 1.80. The molecule has 3 rings (SSSR count). The van der Waals surface area contributed by atoms with Gasteiger partial charge < -0.3 is 10.7 Å². The molecule has 9 heteroatoms. The maximum atomic E-state index is 12.5. The van der Waals surface area contributed by atoms with E-state index in [4.69, 9.17) is 5.73 Å². The third-order valence-electron chi connectivity index (χ3n) is 3.61. The van der Waals surface area contributed by atoms with Crippen LogP contribution in [0.25, 0.3) is 11.3 Å². The highest BCUT2D eigenvalue weighted by Crippen LogP contribution is 2.26. The SMILES string of the molecule is CCS(=O)c1ccccc1C(=O)Nc1nc(-c2c[nH]c(C(N)=O)c2)cs1. The Morgan fingerprint density at radius 3 is 2.81 bits per heavy atom. The molecule has 0 bridgehead atoms. The zero-order valence-corrected chi connectivity index (χ0v) is 15.4. The largest absolute Gasteiger partial charge is 0.364 e. The Hall–Kier alpha value is -2.78. The standard InChI is InChI=1S/C17H16N4O3S2/c1-2-26(24)14-6-4-3-5-11(14)16(23)21-17-20-13(9-25-17)10-7-12(15(18)22)19-8-10/h3-9,19H,2H2,1H3,(H2,18,22)(H,20,21,23). The molecular formula is C17H16N4O3S2. The van der Waals surface area contributed by atoms with Gasteiger partial charge in [-0.25, -0.2) is 4.98 Å². The molecule has 3 aromatic rings. The molecule has 2 aromatic heterocycles. The van der Waals surface area contributed by atoms with E-state index in [0.717, 1.165) is 0 Å². The topological polar surface area (TPSA) is 118 Å². The Balaban J connectivity index is 1.80. The number of anilines is 1. The van der Waals surface area contributed by atoms with Crippen LogP contribution in [0.5, 0.6) is 0 Å². The maximum Gasteiger partial charge on any atom is 0.265 e. The van der Waals surface area contributed by atoms with Crippen LogP contribution in [0.4, 0.5) is 5.13 Å². The quantitative estimate of drug-likeness (QED) is 0.601. The summed E-state index contributed by atoms with van der Waals surface area (Å²) in [4.78, 5) is 31.3. The maximum absolute atomic E-state index is 12.5. The molecule has 0 aliphatic carbocycles. The number of thiazole rings is 1. The van der Waals surface area contributed by atoms with Gasteiger partial charge in [-0.3, -0.25) is 19.1 Å². The number of nitrogens with zero attached hydrogens (tertiary/aromatic N) is 1. The number of carbonyl (C=O) groups excluding carboxylic acids is 2. The van der Waals surface area contributed by atoms with Crippen molar-refractivity contribution in [2.75, 3.05) is 11.1 Å². The van der Waals surface area contributed by atoms with Crippen molar-refractivity contribution < 1.29 is 13.8 Å². The summed E-state index contributed by atoms with van der Waals surface area (Å²) in [6.07, 6.45) is 1.63. The normalized spacial score (nSPS) is 11.9. The number of amides is 2. The van der Waals surface area contributed by atoms with E-state index in [1.165, 1.54) is 11.3 Å². The molecule has 2 heterocycles. The van der Waals surface area contributed by atoms with Crippen LogP contribution in [-0.4, -0.2) is 31.7 Å². The second kappa shape index (κ2) is 7.63. The lowest BCUT2D eigenvalue weighted by atomic mass is 10.2. The third kappa shape index (κ3) is 3.73. The van der Waals surface area contributed by atoms with Crippen molar-refractivity contribution in [2.24, 2.45) is 5.73 Å². The summed E-state index contributed by atoms with van der Waals surface area (Å²) in [7, 11) is -1.23. The molecule has 1 atom stereocenters. The Morgan fingerprint density at radius 2 is 2.12 bits per heavy atom. The van der Waals surface area contributed by atoms with E-state index in [1.54, 1.807) is 48.8 Å². The van der Waals surface area contributed by atoms with Gasteiger partial charge in [-0.15, -0.1) is 11.3 Å². The fraction of sp³-hybridized carbons (Fsp3) is 0.118. The molecule has 0 radical (unpaired) electrons. The molecule has 1 aromatic carbocycles. The van der Waals surface area contributed by atoms with Crippen molar-refractivity contribution in [1.29, 1.82) is 0 Å². The second-order valence-corrected chi connectivity index (χ2v) is 7.85. The zero-order chi connectivity index (χ0) is 18.7. The van der Waals surface area contributed by atoms with Crippen LogP contribution in [0.15, 0.2) is 46.8 Å². The second-order valence-electron chi connectivity index (χ2n) is 5.29. The van der Waals surface area contributed by atoms with Crippen LogP contribution in [0.2, 0.25) is 0 Å². The van der Waals surface area contributed by atoms with Crippen LogP contribution >= 0.6 is 11.3 Å². The minimum Gasteiger partial charge on any atom is -0.364 e. The summed E-state index contributed by atoms with van der Waals surface area (Å²) in [6, 6.07) is 8.40. The van der Waals surface area contributed by atoms with Gasteiger partial charge in [0, 0.05) is 22.9 Å². The van der Waals surface area contributed by atoms with E-state index >= 15 is 0 Å². The average Bonchev–Trinajstić information content (AvgIpc) is 3.30. The Labute approximate surface area is 156 Å². The summed E-state index contributed by atoms with van der Waals surface area (Å²) in [5.74, 6) is -0.489. The number of H-pyrrole nitrogens is 1. The molecule has 26 heavy (non-hydrogen) atoms. The highest BCUT2D eigenvalue weighted by atomic mass is 32.2. The van der Waals surface area contributed by atoms with Crippen molar-refractivity contribution in [2.45, 2.75) is 11.8 Å². The average molecular weight is 388 g/mol. The Bertz CT molecular complexity index is 993. The van der Waals surface area contributed by atoms with Crippen LogP contribution in [0.1, 0.15) is 27.8 Å². The fourth-order valence-corrected chi connectivity index (χ4v) is 3.98. The first kappa shape index (κ1) is 18.0. The molecule has 0 aliphatic rings. The zero-order valence-electron chi connectivity index (χ0n) is 13.8. The number of carbonyl (C=O) groups is 2. The van der Waals surface area contributed by atoms with Crippen LogP contribution in [-0.2, 0) is 10.8 Å². The highest BCUT2D eigenvalue weighted by molar-refractivity contribution is 7.85. The van der Waals surface area contributed by atoms with Crippen LogP contribution in [0, 0.1) is 0 Å². The Kier molecular flexibility index (Phi) is 5.29. The summed E-state index contributed by atoms with van der Waals surface area (Å²) < 4.78 is 12.1. The number of hydrogen-bond acceptors (Lipinski definition) is 5. The van der Waals surface area contributed by atoms with Crippen molar-refractivity contribution in [3.8, 4) is 11.3 Å². The number of nitrogens with one attached hydrogen (secondary N) is 2. The Morgan fingerprint density at radius 1 is 1.35 bits per heavy atom. The molecule has 0 saturated heterocycles. The molecule has 134 valence electrons. The first-order valence-electron chi connectivity index (χ1n) is 7.72. The molecule has 4 N–H and O–H groups in total. The number of primary amides is 1. The first-order chi connectivity index (χ1) is 12.5. The number of aromatic nitrogens is 2. The number of aromatic amines is 1. The van der Waals surface area contributed by atoms with Gasteiger partial charge in [0.1, 0.15) is 5.69 Å². The van der Waals surface area contributed by atoms with Crippen LogP contribution < -0.4 is 11.1 Å². The number of benzene rings is 1. The molecule has 1 unspecified atom stereocenters. The van der Waals surface area contributed by atoms with Crippen molar-refractivity contribution in [3.05, 3.63) is 53.2 Å². The molecule has 7 nitrogen and oxygen atoms in total. The first-order valence-corrected chi connectivity index (χ1v) is 9.92. The molecule has 0 fully saturated rings. The molecule has 0 aliphatic heterocycles. The molecule has 0 saturated carbocycles. The van der Waals surface area contributed by atoms with Gasteiger partial charge in [0.25, 0.3) is 11.8 Å². The minimum absolute atomic E-state index is 0.287. The van der Waals surface area contributed by atoms with Crippen molar-refractivity contribution >= 4 is 39.1 Å². The summed E-state index contributed by atoms with van der Waals surface area (Å²) in [5.41, 5.74) is 7.18. The van der Waals surface area contributed by atoms with Gasteiger partial charge in [-0.05, 0) is 18.2 Å². The molecule has 0 spiro atoms. The lowest BCUT2D eigenvalue weighted by Crippen LogP contribution is -2.15. The van der Waals surface area contributed by atoms with Gasteiger partial charge in [0.05, 0.1) is 27.0 Å². The lowest BCUT2D eigenvalue weighted by Gasteiger charge is -2.07. The van der Waals surface area contributed by atoms with Crippen LogP contribution in [0.3, 0.4) is 0 Å². The lowest BCUT2D eigenvalue weighted by molar-refractivity contribution is 0.0993. The van der Waals surface area contributed by atoms with Crippen molar-refractivity contribution in [1.82, 2.24) is 9.97 Å². The predicted molar refractivity (Wildman–Crippen MR) is 102 cm³/mol. The van der Waals surface area contributed by atoms with Gasteiger partial charge in [-0.1, -0.05) is 19.1 Å². The minimum atomic E-state index is -1.23. The van der Waals surface area contributed by atoms with E-state index in [9.17, 15) is 13.8 Å². The van der Waals surface area contributed by atoms with E-state index < -0.39 is 16.7 Å². The number of nitrogens with two attached hydrogens (primary N) is 1. The summed E-state index contributed by atoms with van der Waals surface area (Å²) >= 11 is 1.26. The van der Waals surface area contributed by atoms with E-state index in [1.807, 2.05) is 0 Å². The predicted octanol–water partition coefficient (Wildman–Crippen LogP) is 2.62. The number of rotatable bonds is 6. The monoisotopic (exact) mass is 388 g/mol. The number of hydrogen-bond donors (Lipinski definition) is 3. The van der Waals surface area contributed by atoms with Gasteiger partial charge in [0.15, 0.2) is 5.13 Å². The third-order valence-corrected chi connectivity index (χ3v) is 5.74. The fourth-order valence-electron chi connectivity index (χ4n) is 2.32. The van der Waals surface area contributed by atoms with E-state index in [0.29, 0.717) is 32.6 Å². The van der Waals surface area contributed by atoms with Crippen molar-refractivity contribution in [3.63, 3.8) is 0 Å². The smallest absolute Gasteiger partial charge is 0.265 e. The highest BCUT2D eigenvalue weighted by Gasteiger charge is 2.16.